The quantitative estimate of drug-likeness (QED) is 0.696. The van der Waals surface area contributed by atoms with E-state index in [-0.39, 0.29) is 30.1 Å². The van der Waals surface area contributed by atoms with Crippen LogP contribution in [0, 0.1) is 0 Å². The molecule has 1 aromatic heterocycles. The summed E-state index contributed by atoms with van der Waals surface area (Å²) >= 11 is 1.55. The summed E-state index contributed by atoms with van der Waals surface area (Å²) in [6.45, 7) is 1.55. The predicted molar refractivity (Wildman–Crippen MR) is 102 cm³/mol. The molecule has 2 aliphatic rings. The summed E-state index contributed by atoms with van der Waals surface area (Å²) in [5, 5.41) is 5.12. The number of ether oxygens (including phenoxy) is 2. The highest BCUT2D eigenvalue weighted by Crippen LogP contribution is 2.22. The van der Waals surface area contributed by atoms with Gasteiger partial charge in [0.05, 0.1) is 30.5 Å². The molecule has 2 fully saturated rings. The second-order valence-corrected chi connectivity index (χ2v) is 7.57. The summed E-state index contributed by atoms with van der Waals surface area (Å²) in [4.78, 5) is 17.0. The molecule has 8 heteroatoms. The second kappa shape index (κ2) is 8.90. The van der Waals surface area contributed by atoms with E-state index in [1.807, 2.05) is 23.6 Å². The average molecular weight is 388 g/mol. The third kappa shape index (κ3) is 4.72. The smallest absolute Gasteiger partial charge is 0.238 e. The zero-order chi connectivity index (χ0) is 18.5. The van der Waals surface area contributed by atoms with Crippen LogP contribution in [0.1, 0.15) is 30.1 Å². The number of hydrogen-bond acceptors (Lipinski definition) is 7. The van der Waals surface area contributed by atoms with Crippen LogP contribution in [0.4, 0.5) is 0 Å². The van der Waals surface area contributed by atoms with E-state index in [1.165, 1.54) is 5.56 Å². The van der Waals surface area contributed by atoms with Gasteiger partial charge < -0.3 is 14.8 Å². The Labute approximate surface area is 162 Å². The first-order valence-electron chi connectivity index (χ1n) is 9.22. The van der Waals surface area contributed by atoms with Gasteiger partial charge in [0.25, 0.3) is 0 Å². The van der Waals surface area contributed by atoms with E-state index < -0.39 is 0 Å². The summed E-state index contributed by atoms with van der Waals surface area (Å²) in [5.41, 5.74) is 10.2. The first kappa shape index (κ1) is 18.5. The molecule has 27 heavy (non-hydrogen) atoms. The monoisotopic (exact) mass is 388 g/mol. The third-order valence-electron chi connectivity index (χ3n) is 4.98. The lowest BCUT2D eigenvalue weighted by Gasteiger charge is -2.32. The van der Waals surface area contributed by atoms with Gasteiger partial charge in [0.15, 0.2) is 0 Å². The number of carbonyl (C=O) groups is 1. The fourth-order valence-electron chi connectivity index (χ4n) is 3.46. The normalized spacial score (nSPS) is 28.1. The molecule has 0 radical (unpaired) electrons. The largest absolute Gasteiger partial charge is 0.379 e. The lowest BCUT2D eigenvalue weighted by atomic mass is 10.0. The molecule has 0 aliphatic carbocycles. The van der Waals surface area contributed by atoms with Crippen LogP contribution in [0.5, 0.6) is 0 Å². The molecule has 144 valence electrons. The van der Waals surface area contributed by atoms with Gasteiger partial charge in [0.2, 0.25) is 5.91 Å². The van der Waals surface area contributed by atoms with Gasteiger partial charge in [0, 0.05) is 18.0 Å². The van der Waals surface area contributed by atoms with E-state index in [1.54, 1.807) is 16.8 Å². The molecule has 0 spiro atoms. The van der Waals surface area contributed by atoms with E-state index in [0.29, 0.717) is 26.2 Å². The molecule has 0 saturated carbocycles. The zero-order valence-electron chi connectivity index (χ0n) is 15.0. The molecular weight excluding hydrogens is 364 g/mol. The predicted octanol–water partition coefficient (Wildman–Crippen LogP) is 1.54. The van der Waals surface area contributed by atoms with E-state index in [0.717, 1.165) is 12.1 Å². The average Bonchev–Trinajstić information content (AvgIpc) is 3.40. The van der Waals surface area contributed by atoms with Crippen molar-refractivity contribution in [1.29, 1.82) is 0 Å². The van der Waals surface area contributed by atoms with Crippen molar-refractivity contribution in [3.63, 3.8) is 0 Å². The molecule has 3 heterocycles. The molecule has 1 aromatic carbocycles. The highest BCUT2D eigenvalue weighted by atomic mass is 32.1. The number of hydrogen-bond donors (Lipinski definition) is 3. The number of benzene rings is 1. The Kier molecular flexibility index (Phi) is 6.10. The van der Waals surface area contributed by atoms with Crippen molar-refractivity contribution < 1.29 is 14.3 Å². The highest BCUT2D eigenvalue weighted by Gasteiger charge is 2.34. The SMILES string of the molecule is O=C(N[C@@H]1CCOC[C@H]1OCc1cscn1)C1CC(c2ccccc2)NN1. The lowest BCUT2D eigenvalue weighted by molar-refractivity contribution is -0.128. The van der Waals surface area contributed by atoms with Gasteiger partial charge in [0.1, 0.15) is 12.1 Å². The van der Waals surface area contributed by atoms with Crippen molar-refractivity contribution >= 4 is 17.2 Å². The first-order chi connectivity index (χ1) is 13.3. The molecule has 2 saturated heterocycles. The number of carbonyl (C=O) groups excluding carboxylic acids is 1. The van der Waals surface area contributed by atoms with E-state index in [9.17, 15) is 4.79 Å². The minimum absolute atomic E-state index is 0.00455. The van der Waals surface area contributed by atoms with Gasteiger partial charge in [-0.05, 0) is 18.4 Å². The van der Waals surface area contributed by atoms with Crippen LogP contribution in [-0.4, -0.2) is 42.3 Å². The minimum Gasteiger partial charge on any atom is -0.379 e. The number of thiazole rings is 1. The number of nitrogens with one attached hydrogen (secondary N) is 3. The molecule has 2 unspecified atom stereocenters. The van der Waals surface area contributed by atoms with Gasteiger partial charge >= 0.3 is 0 Å². The molecule has 4 atom stereocenters. The minimum atomic E-state index is -0.266. The van der Waals surface area contributed by atoms with Crippen LogP contribution in [0.15, 0.2) is 41.2 Å². The van der Waals surface area contributed by atoms with Crippen LogP contribution in [0.25, 0.3) is 0 Å². The zero-order valence-corrected chi connectivity index (χ0v) is 15.8. The number of hydrazine groups is 1. The van der Waals surface area contributed by atoms with Gasteiger partial charge in [-0.1, -0.05) is 30.3 Å². The Morgan fingerprint density at radius 3 is 3.04 bits per heavy atom. The molecule has 3 N–H and O–H groups in total. The topological polar surface area (TPSA) is 84.5 Å². The standard InChI is InChI=1S/C19H24N4O3S/c24-19(17-8-16(22-23-17)13-4-2-1-3-5-13)21-15-6-7-25-10-18(15)26-9-14-11-27-12-20-14/h1-5,11-12,15-18,22-23H,6-10H2,(H,21,24)/t15-,16?,17?,18-/m1/s1. The molecule has 0 bridgehead atoms. The van der Waals surface area contributed by atoms with Crippen LogP contribution in [-0.2, 0) is 20.9 Å². The molecule has 7 nitrogen and oxygen atoms in total. The fraction of sp³-hybridized carbons (Fsp3) is 0.474. The number of rotatable bonds is 6. The van der Waals surface area contributed by atoms with Crippen molar-refractivity contribution in [3.05, 3.63) is 52.5 Å². The van der Waals surface area contributed by atoms with Crippen LogP contribution < -0.4 is 16.2 Å². The van der Waals surface area contributed by atoms with Gasteiger partial charge in [-0.3, -0.25) is 4.79 Å². The summed E-state index contributed by atoms with van der Waals surface area (Å²) in [5.74, 6) is -0.00455. The maximum atomic E-state index is 12.7. The molecule has 1 amide bonds. The van der Waals surface area contributed by atoms with Gasteiger partial charge in [-0.25, -0.2) is 15.8 Å². The van der Waals surface area contributed by atoms with Crippen molar-refractivity contribution in [2.24, 2.45) is 0 Å². The summed E-state index contributed by atoms with van der Waals surface area (Å²) in [6, 6.07) is 9.97. The molecule has 2 aliphatic heterocycles. The van der Waals surface area contributed by atoms with Gasteiger partial charge in [-0.15, -0.1) is 11.3 Å². The molecule has 2 aromatic rings. The van der Waals surface area contributed by atoms with E-state index >= 15 is 0 Å². The molecular formula is C19H24N4O3S. The maximum Gasteiger partial charge on any atom is 0.238 e. The highest BCUT2D eigenvalue weighted by molar-refractivity contribution is 7.07. The number of amides is 1. The second-order valence-electron chi connectivity index (χ2n) is 6.85. The fourth-order valence-corrected chi connectivity index (χ4v) is 4.00. The maximum absolute atomic E-state index is 12.7. The summed E-state index contributed by atoms with van der Waals surface area (Å²) in [6.07, 6.45) is 1.29. The summed E-state index contributed by atoms with van der Waals surface area (Å²) < 4.78 is 11.5. The van der Waals surface area contributed by atoms with Crippen molar-refractivity contribution in [2.75, 3.05) is 13.2 Å². The Morgan fingerprint density at radius 1 is 1.33 bits per heavy atom. The Hall–Kier alpha value is -1.84. The third-order valence-corrected chi connectivity index (χ3v) is 5.62. The van der Waals surface area contributed by atoms with Crippen LogP contribution in [0.2, 0.25) is 0 Å². The lowest BCUT2D eigenvalue weighted by Crippen LogP contribution is -2.54. The number of aromatic nitrogens is 1. The van der Waals surface area contributed by atoms with Crippen LogP contribution >= 0.6 is 11.3 Å². The Balaban J connectivity index is 1.31. The van der Waals surface area contributed by atoms with Crippen molar-refractivity contribution in [3.8, 4) is 0 Å². The Morgan fingerprint density at radius 2 is 2.22 bits per heavy atom. The number of nitrogens with zero attached hydrogens (tertiary/aromatic N) is 1. The van der Waals surface area contributed by atoms with Gasteiger partial charge in [-0.2, -0.15) is 0 Å². The van der Waals surface area contributed by atoms with E-state index in [4.69, 9.17) is 9.47 Å². The molecule has 4 rings (SSSR count). The van der Waals surface area contributed by atoms with Crippen molar-refractivity contribution in [1.82, 2.24) is 21.2 Å². The van der Waals surface area contributed by atoms with Crippen LogP contribution in [0.3, 0.4) is 0 Å². The van der Waals surface area contributed by atoms with E-state index in [2.05, 4.69) is 33.3 Å². The Bertz CT molecular complexity index is 728. The summed E-state index contributed by atoms with van der Waals surface area (Å²) in [7, 11) is 0. The first-order valence-corrected chi connectivity index (χ1v) is 10.2. The van der Waals surface area contributed by atoms with Crippen molar-refractivity contribution in [2.45, 2.75) is 43.7 Å².